The molecule has 0 bridgehead atoms. The summed E-state index contributed by atoms with van der Waals surface area (Å²) in [6.45, 7) is 13.3. The number of carbonyl (C=O) groups excluding carboxylic acids is 1. The van der Waals surface area contributed by atoms with Crippen LogP contribution >= 0.6 is 0 Å². The normalized spacial score (nSPS) is 21.7. The van der Waals surface area contributed by atoms with Crippen molar-refractivity contribution in [3.63, 3.8) is 0 Å². The van der Waals surface area contributed by atoms with Crippen molar-refractivity contribution in [2.45, 2.75) is 59.6 Å². The molecule has 130 valence electrons. The highest BCUT2D eigenvalue weighted by atomic mass is 16.5. The summed E-state index contributed by atoms with van der Waals surface area (Å²) in [5.74, 6) is 0.522. The molecule has 0 aromatic carbocycles. The number of nitrogens with zero attached hydrogens (tertiary/aromatic N) is 3. The molecule has 2 rings (SSSR count). The molecule has 1 N–H and O–H groups in total. The maximum Gasteiger partial charge on any atom is 0.322 e. The van der Waals surface area contributed by atoms with Crippen molar-refractivity contribution in [1.29, 1.82) is 0 Å². The fraction of sp³-hybridized carbons (Fsp3) is 0.765. The fourth-order valence-electron chi connectivity index (χ4n) is 2.90. The van der Waals surface area contributed by atoms with E-state index in [0.717, 1.165) is 30.8 Å². The number of anilines is 1. The Morgan fingerprint density at radius 3 is 2.83 bits per heavy atom. The number of urea groups is 1. The lowest BCUT2D eigenvalue weighted by atomic mass is 10.0. The molecule has 1 aliphatic heterocycles. The SMILES string of the molecule is CCc1c(NC(=O)N2CCO[C@](C)(CC)C2)cnn1CC(C)C. The summed E-state index contributed by atoms with van der Waals surface area (Å²) >= 11 is 0. The van der Waals surface area contributed by atoms with Gasteiger partial charge in [0.1, 0.15) is 0 Å². The van der Waals surface area contributed by atoms with Crippen molar-refractivity contribution in [3.05, 3.63) is 11.9 Å². The molecule has 2 heterocycles. The summed E-state index contributed by atoms with van der Waals surface area (Å²) in [6, 6.07) is -0.0632. The van der Waals surface area contributed by atoms with Gasteiger partial charge in [0.25, 0.3) is 0 Å². The van der Waals surface area contributed by atoms with Gasteiger partial charge in [0.2, 0.25) is 0 Å². The number of carbonyl (C=O) groups is 1. The van der Waals surface area contributed by atoms with Gasteiger partial charge in [0, 0.05) is 13.1 Å². The molecule has 6 nitrogen and oxygen atoms in total. The third-order valence-electron chi connectivity index (χ3n) is 4.44. The van der Waals surface area contributed by atoms with Crippen molar-refractivity contribution in [2.24, 2.45) is 5.92 Å². The predicted octanol–water partition coefficient (Wildman–Crippen LogP) is 3.13. The molecule has 0 aliphatic carbocycles. The minimum Gasteiger partial charge on any atom is -0.372 e. The van der Waals surface area contributed by atoms with E-state index < -0.39 is 0 Å². The summed E-state index contributed by atoms with van der Waals surface area (Å²) in [4.78, 5) is 14.4. The predicted molar refractivity (Wildman–Crippen MR) is 91.7 cm³/mol. The molecule has 0 saturated carbocycles. The van der Waals surface area contributed by atoms with Crippen molar-refractivity contribution in [1.82, 2.24) is 14.7 Å². The largest absolute Gasteiger partial charge is 0.372 e. The zero-order chi connectivity index (χ0) is 17.0. The zero-order valence-corrected chi connectivity index (χ0v) is 15.1. The molecule has 0 unspecified atom stereocenters. The summed E-state index contributed by atoms with van der Waals surface area (Å²) < 4.78 is 7.80. The molecule has 0 spiro atoms. The second-order valence-electron chi connectivity index (χ2n) is 6.94. The van der Waals surface area contributed by atoms with Crippen LogP contribution in [0.25, 0.3) is 0 Å². The lowest BCUT2D eigenvalue weighted by Crippen LogP contribution is -2.53. The van der Waals surface area contributed by atoms with Gasteiger partial charge in [-0.2, -0.15) is 5.10 Å². The fourth-order valence-corrected chi connectivity index (χ4v) is 2.90. The number of morpholine rings is 1. The van der Waals surface area contributed by atoms with Crippen molar-refractivity contribution >= 4 is 11.7 Å². The second kappa shape index (κ2) is 7.34. The molecule has 1 saturated heterocycles. The number of hydrogen-bond acceptors (Lipinski definition) is 3. The number of hydrogen-bond donors (Lipinski definition) is 1. The summed E-state index contributed by atoms with van der Waals surface area (Å²) in [5.41, 5.74) is 1.66. The zero-order valence-electron chi connectivity index (χ0n) is 15.1. The van der Waals surface area contributed by atoms with Crippen LogP contribution in [-0.4, -0.2) is 46.0 Å². The van der Waals surface area contributed by atoms with Crippen LogP contribution in [0.3, 0.4) is 0 Å². The second-order valence-corrected chi connectivity index (χ2v) is 6.94. The number of nitrogens with one attached hydrogen (secondary N) is 1. The highest BCUT2D eigenvalue weighted by Crippen LogP contribution is 2.23. The van der Waals surface area contributed by atoms with Crippen molar-refractivity contribution in [3.8, 4) is 0 Å². The van der Waals surface area contributed by atoms with E-state index in [-0.39, 0.29) is 11.6 Å². The van der Waals surface area contributed by atoms with Crippen LogP contribution < -0.4 is 5.32 Å². The lowest BCUT2D eigenvalue weighted by molar-refractivity contribution is -0.0860. The lowest BCUT2D eigenvalue weighted by Gasteiger charge is -2.39. The van der Waals surface area contributed by atoms with Crippen molar-refractivity contribution in [2.75, 3.05) is 25.0 Å². The molecule has 1 aromatic rings. The van der Waals surface area contributed by atoms with Crippen LogP contribution in [0.4, 0.5) is 10.5 Å². The first-order valence-corrected chi connectivity index (χ1v) is 8.63. The minimum atomic E-state index is -0.245. The third-order valence-corrected chi connectivity index (χ3v) is 4.44. The Morgan fingerprint density at radius 2 is 2.22 bits per heavy atom. The molecule has 6 heteroatoms. The Balaban J connectivity index is 2.07. The van der Waals surface area contributed by atoms with Gasteiger partial charge < -0.3 is 15.0 Å². The summed E-state index contributed by atoms with van der Waals surface area (Å²) in [5, 5.41) is 7.46. The van der Waals surface area contributed by atoms with Crippen LogP contribution in [0.5, 0.6) is 0 Å². The first-order valence-electron chi connectivity index (χ1n) is 8.63. The average Bonchev–Trinajstić information content (AvgIpc) is 2.88. The van der Waals surface area contributed by atoms with Gasteiger partial charge in [-0.05, 0) is 25.7 Å². The average molecular weight is 322 g/mol. The van der Waals surface area contributed by atoms with Crippen molar-refractivity contribution < 1.29 is 9.53 Å². The smallest absolute Gasteiger partial charge is 0.322 e. The molecule has 1 aliphatic rings. The number of aromatic nitrogens is 2. The van der Waals surface area contributed by atoms with Gasteiger partial charge in [0.05, 0.1) is 36.3 Å². The van der Waals surface area contributed by atoms with Crippen LogP contribution in [0.1, 0.15) is 46.7 Å². The van der Waals surface area contributed by atoms with Gasteiger partial charge in [-0.1, -0.05) is 27.7 Å². The van der Waals surface area contributed by atoms with E-state index in [2.05, 4.69) is 45.0 Å². The van der Waals surface area contributed by atoms with Crippen LogP contribution in [0.15, 0.2) is 6.20 Å². The van der Waals surface area contributed by atoms with Crippen LogP contribution in [-0.2, 0) is 17.7 Å². The Bertz CT molecular complexity index is 541. The first kappa shape index (κ1) is 17.8. The number of ether oxygens (including phenoxy) is 1. The van der Waals surface area contributed by atoms with Gasteiger partial charge in [0.15, 0.2) is 0 Å². The van der Waals surface area contributed by atoms with Gasteiger partial charge >= 0.3 is 6.03 Å². The Kier molecular flexibility index (Phi) is 5.68. The highest BCUT2D eigenvalue weighted by Gasteiger charge is 2.32. The summed E-state index contributed by atoms with van der Waals surface area (Å²) in [6.07, 6.45) is 3.50. The van der Waals surface area contributed by atoms with Gasteiger partial charge in [-0.3, -0.25) is 4.68 Å². The maximum atomic E-state index is 12.6. The van der Waals surface area contributed by atoms with Gasteiger partial charge in [-0.25, -0.2) is 4.79 Å². The quantitative estimate of drug-likeness (QED) is 0.906. The van der Waals surface area contributed by atoms with E-state index in [4.69, 9.17) is 4.74 Å². The van der Waals surface area contributed by atoms with E-state index in [1.807, 2.05) is 9.58 Å². The van der Waals surface area contributed by atoms with Gasteiger partial charge in [-0.15, -0.1) is 0 Å². The van der Waals surface area contributed by atoms with E-state index in [1.165, 1.54) is 0 Å². The Hall–Kier alpha value is -1.56. The molecular formula is C17H30N4O2. The number of rotatable bonds is 5. The maximum absolute atomic E-state index is 12.6. The molecule has 0 radical (unpaired) electrons. The third kappa shape index (κ3) is 4.25. The molecular weight excluding hydrogens is 292 g/mol. The van der Waals surface area contributed by atoms with E-state index in [9.17, 15) is 4.79 Å². The van der Waals surface area contributed by atoms with E-state index >= 15 is 0 Å². The molecule has 1 aromatic heterocycles. The molecule has 1 atom stereocenters. The highest BCUT2D eigenvalue weighted by molar-refractivity contribution is 5.90. The minimum absolute atomic E-state index is 0.0632. The van der Waals surface area contributed by atoms with E-state index in [0.29, 0.717) is 25.6 Å². The van der Waals surface area contributed by atoms with Crippen LogP contribution in [0, 0.1) is 5.92 Å². The first-order chi connectivity index (χ1) is 10.9. The monoisotopic (exact) mass is 322 g/mol. The topological polar surface area (TPSA) is 59.4 Å². The number of amides is 2. The Morgan fingerprint density at radius 1 is 1.48 bits per heavy atom. The van der Waals surface area contributed by atoms with E-state index in [1.54, 1.807) is 6.20 Å². The molecule has 1 fully saturated rings. The molecule has 2 amide bonds. The standard InChI is InChI=1S/C17H30N4O2/c1-6-15-14(10-18-21(15)11-13(3)4)19-16(22)20-8-9-23-17(5,7-2)12-20/h10,13H,6-9,11-12H2,1-5H3,(H,19,22)/t17-/m1/s1. The van der Waals surface area contributed by atoms with Crippen LogP contribution in [0.2, 0.25) is 0 Å². The summed E-state index contributed by atoms with van der Waals surface area (Å²) in [7, 11) is 0. The molecule has 23 heavy (non-hydrogen) atoms. The Labute approximate surface area is 139 Å².